The van der Waals surface area contributed by atoms with E-state index < -0.39 is 60.4 Å². The summed E-state index contributed by atoms with van der Waals surface area (Å²) in [6.45, 7) is 13.0. The van der Waals surface area contributed by atoms with Crippen LogP contribution in [0.4, 0.5) is 16.2 Å². The zero-order chi connectivity index (χ0) is 48.9. The van der Waals surface area contributed by atoms with Crippen molar-refractivity contribution in [1.29, 1.82) is 0 Å². The molecule has 3 heterocycles. The second-order valence-corrected chi connectivity index (χ2v) is 22.0. The number of carbonyl (C=O) groups is 3. The summed E-state index contributed by atoms with van der Waals surface area (Å²) in [5.74, 6) is -2.24. The Morgan fingerprint density at radius 1 is 0.529 bits per heavy atom. The number of urea groups is 1. The fourth-order valence-corrected chi connectivity index (χ4v) is 12.0. The number of fused-ring (bicyclic) bond motifs is 6. The van der Waals surface area contributed by atoms with E-state index in [0.29, 0.717) is 44.3 Å². The summed E-state index contributed by atoms with van der Waals surface area (Å²) in [7, 11) is -8.78. The molecule has 13 nitrogen and oxygen atoms in total. The van der Waals surface area contributed by atoms with Crippen LogP contribution in [0.25, 0.3) is 21.5 Å². The SMILES string of the molecule is CCN1C(=O)C(=C2/C(=C/C=C3/N(CCCCS(=O)(=O)[O-])c4ccc5ccccc5c4C3(C)C)CC/C2=C\C=C2\N(CCCCS(=O)(=O)[O-])c3ccc4ccccc4c3C2(C)C)C(=O)N(CC)C1=O.[Na+].[Na+]. The molecular formula is C53H58N4Na2O9S2. The fourth-order valence-electron chi connectivity index (χ4n) is 10.8. The van der Waals surface area contributed by atoms with Crippen LogP contribution in [0.1, 0.15) is 91.2 Å². The van der Waals surface area contributed by atoms with Crippen molar-refractivity contribution in [2.75, 3.05) is 47.5 Å². The van der Waals surface area contributed by atoms with Gasteiger partial charge >= 0.3 is 65.1 Å². The summed E-state index contributed by atoms with van der Waals surface area (Å²) in [5.41, 5.74) is 6.77. The average molecular weight is 1010 g/mol. The maximum Gasteiger partial charge on any atom is 1.00 e. The molecule has 0 bridgehead atoms. The molecule has 0 radical (unpaired) electrons. The Morgan fingerprint density at radius 2 is 0.914 bits per heavy atom. The number of anilines is 2. The third-order valence-electron chi connectivity index (χ3n) is 14.0. The van der Waals surface area contributed by atoms with Crippen LogP contribution in [0, 0.1) is 0 Å². The third-order valence-corrected chi connectivity index (χ3v) is 15.6. The van der Waals surface area contributed by atoms with Gasteiger partial charge in [-0.3, -0.25) is 19.4 Å². The van der Waals surface area contributed by atoms with E-state index in [9.17, 15) is 40.3 Å². The minimum atomic E-state index is -4.39. The van der Waals surface area contributed by atoms with Crippen LogP contribution in [0.3, 0.4) is 0 Å². The molecule has 2 fully saturated rings. The minimum Gasteiger partial charge on any atom is -0.748 e. The number of imide groups is 2. The number of hydrogen-bond acceptors (Lipinski definition) is 11. The van der Waals surface area contributed by atoms with E-state index in [2.05, 4.69) is 86.0 Å². The monoisotopic (exact) mass is 1000 g/mol. The number of amides is 4. The molecule has 8 rings (SSSR count). The van der Waals surface area contributed by atoms with Gasteiger partial charge in [-0.2, -0.15) is 0 Å². The van der Waals surface area contributed by atoms with E-state index in [1.165, 1.54) is 0 Å². The Kier molecular flexibility index (Phi) is 17.2. The van der Waals surface area contributed by atoms with Gasteiger partial charge < -0.3 is 18.9 Å². The fraction of sp³-hybridized carbons (Fsp3) is 0.377. The van der Waals surface area contributed by atoms with E-state index in [1.54, 1.807) is 13.8 Å². The van der Waals surface area contributed by atoms with Gasteiger partial charge in [0, 0.05) is 71.3 Å². The van der Waals surface area contributed by atoms with Crippen LogP contribution >= 0.6 is 0 Å². The molecule has 4 aliphatic rings. The maximum atomic E-state index is 14.5. The summed E-state index contributed by atoms with van der Waals surface area (Å²) in [4.78, 5) is 49.1. The molecule has 70 heavy (non-hydrogen) atoms. The largest absolute Gasteiger partial charge is 1.00 e. The van der Waals surface area contributed by atoms with Crippen LogP contribution in [0.5, 0.6) is 0 Å². The smallest absolute Gasteiger partial charge is 0.748 e. The molecule has 1 saturated heterocycles. The van der Waals surface area contributed by atoms with Gasteiger partial charge in [-0.05, 0) is 126 Å². The van der Waals surface area contributed by atoms with Crippen LogP contribution in [0.15, 0.2) is 131 Å². The number of nitrogens with zero attached hydrogens (tertiary/aromatic N) is 4. The quantitative estimate of drug-likeness (QED) is 0.0597. The Labute approximate surface area is 456 Å². The third kappa shape index (κ3) is 10.6. The predicted molar refractivity (Wildman–Crippen MR) is 265 cm³/mol. The van der Waals surface area contributed by atoms with Crippen molar-refractivity contribution in [3.05, 3.63) is 142 Å². The Morgan fingerprint density at radius 3 is 1.29 bits per heavy atom. The molecule has 1 aliphatic carbocycles. The maximum absolute atomic E-state index is 14.5. The van der Waals surface area contributed by atoms with Crippen molar-refractivity contribution in [1.82, 2.24) is 9.80 Å². The summed E-state index contributed by atoms with van der Waals surface area (Å²) in [6.07, 6.45) is 10.2. The number of rotatable bonds is 14. The Balaban J connectivity index is 0.00000402. The van der Waals surface area contributed by atoms with Crippen molar-refractivity contribution in [2.45, 2.75) is 90.9 Å². The van der Waals surface area contributed by atoms with E-state index in [-0.39, 0.29) is 90.6 Å². The summed E-state index contributed by atoms with van der Waals surface area (Å²) >= 11 is 0. The van der Waals surface area contributed by atoms with Gasteiger partial charge in [0.1, 0.15) is 5.57 Å². The molecular weight excluding hydrogens is 947 g/mol. The predicted octanol–water partition coefficient (Wildman–Crippen LogP) is 3.09. The molecule has 4 aromatic carbocycles. The van der Waals surface area contributed by atoms with Gasteiger partial charge in [0.05, 0.1) is 20.2 Å². The van der Waals surface area contributed by atoms with Crippen LogP contribution in [0.2, 0.25) is 0 Å². The molecule has 0 aromatic heterocycles. The number of allylic oxidation sites excluding steroid dienone is 9. The van der Waals surface area contributed by atoms with Crippen LogP contribution < -0.4 is 68.9 Å². The van der Waals surface area contributed by atoms with Gasteiger partial charge in [0.25, 0.3) is 11.8 Å². The van der Waals surface area contributed by atoms with Crippen molar-refractivity contribution < 1.29 is 99.4 Å². The molecule has 17 heteroatoms. The molecule has 0 unspecified atom stereocenters. The number of likely N-dealkylation sites (N-methyl/N-ethyl adjacent to an activating group) is 2. The first-order chi connectivity index (χ1) is 32.2. The summed E-state index contributed by atoms with van der Waals surface area (Å²) in [5, 5.41) is 4.31. The average Bonchev–Trinajstić information content (AvgIpc) is 3.85. The zero-order valence-corrected chi connectivity index (χ0v) is 47.1. The first-order valence-electron chi connectivity index (χ1n) is 23.4. The minimum absolute atomic E-state index is 0. The number of benzene rings is 4. The molecule has 0 atom stereocenters. The summed E-state index contributed by atoms with van der Waals surface area (Å²) in [6, 6.07) is 23.9. The van der Waals surface area contributed by atoms with Crippen LogP contribution in [-0.2, 0) is 40.7 Å². The summed E-state index contributed by atoms with van der Waals surface area (Å²) < 4.78 is 69.4. The number of hydrogen-bond donors (Lipinski definition) is 0. The normalized spacial score (nSPS) is 20.1. The van der Waals surface area contributed by atoms with Gasteiger partial charge in [-0.15, -0.1) is 0 Å². The molecule has 3 aliphatic heterocycles. The van der Waals surface area contributed by atoms with Crippen molar-refractivity contribution in [3.8, 4) is 0 Å². The van der Waals surface area contributed by atoms with E-state index >= 15 is 0 Å². The first-order valence-corrected chi connectivity index (χ1v) is 26.6. The molecule has 4 amide bonds. The van der Waals surface area contributed by atoms with E-state index in [1.807, 2.05) is 48.6 Å². The topological polar surface area (TPSA) is 179 Å². The van der Waals surface area contributed by atoms with E-state index in [0.717, 1.165) is 76.4 Å². The molecule has 1 saturated carbocycles. The number of unbranched alkanes of at least 4 members (excludes halogenated alkanes) is 2. The van der Waals surface area contributed by atoms with Crippen LogP contribution in [-0.4, -0.2) is 91.3 Å². The van der Waals surface area contributed by atoms with Crippen molar-refractivity contribution >= 4 is 71.0 Å². The number of carbonyl (C=O) groups excluding carboxylic acids is 3. The van der Waals surface area contributed by atoms with Crippen molar-refractivity contribution in [2.24, 2.45) is 0 Å². The Hall–Kier alpha value is -3.87. The first kappa shape index (κ1) is 55.4. The molecule has 0 spiro atoms. The second-order valence-electron chi connectivity index (χ2n) is 19.0. The van der Waals surface area contributed by atoms with Gasteiger partial charge in [-0.1, -0.05) is 101 Å². The van der Waals surface area contributed by atoms with Gasteiger partial charge in [-0.25, -0.2) is 21.6 Å². The van der Waals surface area contributed by atoms with Crippen molar-refractivity contribution in [3.63, 3.8) is 0 Å². The number of barbiturate groups is 1. The second kappa shape index (κ2) is 21.7. The zero-order valence-electron chi connectivity index (χ0n) is 41.5. The Bertz CT molecular complexity index is 2950. The van der Waals surface area contributed by atoms with Gasteiger partial charge in [0.2, 0.25) is 0 Å². The molecule has 0 N–H and O–H groups in total. The van der Waals surface area contributed by atoms with E-state index in [4.69, 9.17) is 0 Å². The van der Waals surface area contributed by atoms with Gasteiger partial charge in [0.15, 0.2) is 0 Å². The molecule has 4 aromatic rings. The molecule has 358 valence electrons. The standard InChI is InChI=1S/C53H60N4O9S2.2Na/c1-7-54-49(58)46(50(59)55(8-2)51(54)60)45-37(25-29-43-52(3,4)47-39-19-11-9-17-35(39)23-27-41(47)56(43)31-13-15-33-67(61,62)63)21-22-38(45)26-30-44-53(5,6)48-40-20-12-10-18-36(40)24-28-42(48)57(44)32-14-16-34-68(64,65)66;;/h9-12,17-20,23-30H,7-8,13-16,21-22,31-34H2,1-6H3,(H,61,62,63)(H,64,65,66);;/q;2*+1/p-2/b37-25+,38-26+,43-29+,44-30+;;.